The molecule has 0 radical (unpaired) electrons. The first-order valence-electron chi connectivity index (χ1n) is 8.22. The van der Waals surface area contributed by atoms with E-state index in [0.29, 0.717) is 17.1 Å². The number of amides is 1. The fraction of sp³-hybridized carbons (Fsp3) is 0.471. The lowest BCUT2D eigenvalue weighted by Crippen LogP contribution is -2.40. The van der Waals surface area contributed by atoms with E-state index < -0.39 is 0 Å². The summed E-state index contributed by atoms with van der Waals surface area (Å²) in [5.74, 6) is -0.0986. The highest BCUT2D eigenvalue weighted by atomic mass is 35.5. The van der Waals surface area contributed by atoms with Crippen molar-refractivity contribution in [3.8, 4) is 0 Å². The third-order valence-corrected chi connectivity index (χ3v) is 5.48. The zero-order chi connectivity index (χ0) is 16.9. The SMILES string of the molecule is Cc1nnsc1C(=O)NC[C@@H](c1ccc(Cl)cc1)N1CCCCC1. The molecule has 1 fully saturated rings. The summed E-state index contributed by atoms with van der Waals surface area (Å²) in [5, 5.41) is 7.69. The Morgan fingerprint density at radius 3 is 2.62 bits per heavy atom. The van der Waals surface area contributed by atoms with Crippen LogP contribution in [0, 0.1) is 6.92 Å². The molecule has 1 aliphatic heterocycles. The van der Waals surface area contributed by atoms with E-state index in [1.807, 2.05) is 24.3 Å². The Labute approximate surface area is 151 Å². The topological polar surface area (TPSA) is 58.1 Å². The fourth-order valence-corrected chi connectivity index (χ4v) is 3.78. The van der Waals surface area contributed by atoms with Gasteiger partial charge in [0.15, 0.2) is 0 Å². The number of likely N-dealkylation sites (tertiary alicyclic amines) is 1. The number of aromatic nitrogens is 2. The summed E-state index contributed by atoms with van der Waals surface area (Å²) in [6.45, 7) is 4.49. The lowest BCUT2D eigenvalue weighted by molar-refractivity contribution is 0.0927. The Hall–Kier alpha value is -1.50. The molecule has 1 amide bonds. The van der Waals surface area contributed by atoms with Crippen LogP contribution < -0.4 is 5.32 Å². The minimum atomic E-state index is -0.0986. The summed E-state index contributed by atoms with van der Waals surface area (Å²) in [4.78, 5) is 15.4. The van der Waals surface area contributed by atoms with Crippen LogP contribution in [-0.2, 0) is 0 Å². The molecule has 0 spiro atoms. The molecular weight excluding hydrogens is 344 g/mol. The maximum absolute atomic E-state index is 12.4. The van der Waals surface area contributed by atoms with Crippen LogP contribution in [0.15, 0.2) is 24.3 Å². The summed E-state index contributed by atoms with van der Waals surface area (Å²) in [6, 6.07) is 8.08. The van der Waals surface area contributed by atoms with Gasteiger partial charge in [-0.25, -0.2) is 0 Å². The van der Waals surface area contributed by atoms with Gasteiger partial charge in [-0.15, -0.1) is 5.10 Å². The summed E-state index contributed by atoms with van der Waals surface area (Å²) in [7, 11) is 0. The molecule has 1 aromatic carbocycles. The number of hydrogen-bond acceptors (Lipinski definition) is 5. The standard InChI is InChI=1S/C17H21ClN4OS/c1-12-16(24-21-20-12)17(23)19-11-15(22-9-3-2-4-10-22)13-5-7-14(18)8-6-13/h5-8,15H,2-4,9-11H2,1H3,(H,19,23)/t15-/m0/s1. The number of nitrogens with zero attached hydrogens (tertiary/aromatic N) is 3. The van der Waals surface area contributed by atoms with Crippen molar-refractivity contribution in [2.45, 2.75) is 32.2 Å². The second kappa shape index (κ2) is 8.05. The smallest absolute Gasteiger partial charge is 0.265 e. The van der Waals surface area contributed by atoms with Gasteiger partial charge in [0.05, 0.1) is 11.7 Å². The molecule has 1 saturated heterocycles. The van der Waals surface area contributed by atoms with Crippen molar-refractivity contribution in [1.29, 1.82) is 0 Å². The molecule has 0 aliphatic carbocycles. The molecule has 1 N–H and O–H groups in total. The maximum atomic E-state index is 12.4. The van der Waals surface area contributed by atoms with Gasteiger partial charge in [0, 0.05) is 11.6 Å². The Morgan fingerprint density at radius 2 is 2.00 bits per heavy atom. The van der Waals surface area contributed by atoms with Crippen LogP contribution >= 0.6 is 23.1 Å². The van der Waals surface area contributed by atoms with Crippen molar-refractivity contribution in [3.63, 3.8) is 0 Å². The Kier molecular flexibility index (Phi) is 5.81. The summed E-state index contributed by atoms with van der Waals surface area (Å²) < 4.78 is 3.83. The van der Waals surface area contributed by atoms with Crippen LogP contribution in [0.2, 0.25) is 5.02 Å². The van der Waals surface area contributed by atoms with E-state index in [2.05, 4.69) is 19.8 Å². The van der Waals surface area contributed by atoms with Crippen molar-refractivity contribution in [3.05, 3.63) is 45.4 Å². The fourth-order valence-electron chi connectivity index (χ4n) is 3.08. The van der Waals surface area contributed by atoms with Gasteiger partial charge < -0.3 is 5.32 Å². The lowest BCUT2D eigenvalue weighted by Gasteiger charge is -2.35. The first-order chi connectivity index (χ1) is 11.6. The van der Waals surface area contributed by atoms with Gasteiger partial charge >= 0.3 is 0 Å². The second-order valence-electron chi connectivity index (χ2n) is 6.06. The molecule has 0 unspecified atom stereocenters. The quantitative estimate of drug-likeness (QED) is 0.882. The zero-order valence-electron chi connectivity index (χ0n) is 13.7. The van der Waals surface area contributed by atoms with Crippen LogP contribution in [-0.4, -0.2) is 40.0 Å². The number of rotatable bonds is 5. The first kappa shape index (κ1) is 17.3. The Morgan fingerprint density at radius 1 is 1.29 bits per heavy atom. The Bertz CT molecular complexity index is 682. The van der Waals surface area contributed by atoms with Gasteiger partial charge in [-0.3, -0.25) is 9.69 Å². The van der Waals surface area contributed by atoms with Gasteiger partial charge in [0.2, 0.25) is 0 Å². The van der Waals surface area contributed by atoms with E-state index in [9.17, 15) is 4.79 Å². The lowest BCUT2D eigenvalue weighted by atomic mass is 10.0. The predicted molar refractivity (Wildman–Crippen MR) is 96.6 cm³/mol. The third kappa shape index (κ3) is 4.12. The molecular formula is C17H21ClN4OS. The van der Waals surface area contributed by atoms with Crippen molar-refractivity contribution in [2.24, 2.45) is 0 Å². The molecule has 0 saturated carbocycles. The molecule has 128 valence electrons. The predicted octanol–water partition coefficient (Wildman–Crippen LogP) is 3.46. The van der Waals surface area contributed by atoms with Crippen LogP contribution in [0.1, 0.15) is 46.2 Å². The number of carbonyl (C=O) groups excluding carboxylic acids is 1. The van der Waals surface area contributed by atoms with Gasteiger partial charge in [0.25, 0.3) is 5.91 Å². The number of carbonyl (C=O) groups is 1. The van der Waals surface area contributed by atoms with Crippen LogP contribution in [0.3, 0.4) is 0 Å². The number of aryl methyl sites for hydroxylation is 1. The van der Waals surface area contributed by atoms with E-state index in [4.69, 9.17) is 11.6 Å². The van der Waals surface area contributed by atoms with Gasteiger partial charge in [-0.05, 0) is 62.1 Å². The molecule has 1 atom stereocenters. The maximum Gasteiger partial charge on any atom is 0.265 e. The molecule has 2 aromatic rings. The number of benzene rings is 1. The van der Waals surface area contributed by atoms with Gasteiger partial charge in [-0.2, -0.15) is 0 Å². The summed E-state index contributed by atoms with van der Waals surface area (Å²) in [5.41, 5.74) is 1.86. The highest BCUT2D eigenvalue weighted by molar-refractivity contribution is 7.07. The summed E-state index contributed by atoms with van der Waals surface area (Å²) in [6.07, 6.45) is 3.69. The number of halogens is 1. The van der Waals surface area contributed by atoms with E-state index in [1.165, 1.54) is 24.8 Å². The normalized spacial score (nSPS) is 16.8. The van der Waals surface area contributed by atoms with Crippen molar-refractivity contribution in [1.82, 2.24) is 19.8 Å². The minimum absolute atomic E-state index is 0.0986. The average molecular weight is 365 g/mol. The minimum Gasteiger partial charge on any atom is -0.349 e. The van der Waals surface area contributed by atoms with Crippen LogP contribution in [0.5, 0.6) is 0 Å². The molecule has 24 heavy (non-hydrogen) atoms. The van der Waals surface area contributed by atoms with Crippen LogP contribution in [0.4, 0.5) is 0 Å². The van der Waals surface area contributed by atoms with Crippen molar-refractivity contribution >= 4 is 29.0 Å². The molecule has 5 nitrogen and oxygen atoms in total. The molecule has 1 aliphatic rings. The molecule has 0 bridgehead atoms. The molecule has 1 aromatic heterocycles. The number of piperidine rings is 1. The van der Waals surface area contributed by atoms with Gasteiger partial charge in [-0.1, -0.05) is 34.6 Å². The van der Waals surface area contributed by atoms with Crippen LogP contribution in [0.25, 0.3) is 0 Å². The largest absolute Gasteiger partial charge is 0.349 e. The second-order valence-corrected chi connectivity index (χ2v) is 7.25. The van der Waals surface area contributed by atoms with Crippen molar-refractivity contribution < 1.29 is 4.79 Å². The first-order valence-corrected chi connectivity index (χ1v) is 9.37. The number of hydrogen-bond donors (Lipinski definition) is 1. The van der Waals surface area contributed by atoms with E-state index in [-0.39, 0.29) is 11.9 Å². The highest BCUT2D eigenvalue weighted by Crippen LogP contribution is 2.25. The molecule has 2 heterocycles. The molecule has 7 heteroatoms. The van der Waals surface area contributed by atoms with Gasteiger partial charge in [0.1, 0.15) is 4.88 Å². The van der Waals surface area contributed by atoms with E-state index >= 15 is 0 Å². The van der Waals surface area contributed by atoms with E-state index in [1.54, 1.807) is 6.92 Å². The Balaban J connectivity index is 1.73. The highest BCUT2D eigenvalue weighted by Gasteiger charge is 2.23. The summed E-state index contributed by atoms with van der Waals surface area (Å²) >= 11 is 7.16. The zero-order valence-corrected chi connectivity index (χ0v) is 15.2. The number of nitrogens with one attached hydrogen (secondary N) is 1. The monoisotopic (exact) mass is 364 g/mol. The third-order valence-electron chi connectivity index (χ3n) is 4.40. The van der Waals surface area contributed by atoms with E-state index in [0.717, 1.165) is 29.6 Å². The van der Waals surface area contributed by atoms with Crippen molar-refractivity contribution in [2.75, 3.05) is 19.6 Å². The molecule has 3 rings (SSSR count). The average Bonchev–Trinajstić information content (AvgIpc) is 3.03.